The first-order valence-electron chi connectivity index (χ1n) is 7.78. The molecule has 0 bridgehead atoms. The van der Waals surface area contributed by atoms with Crippen LogP contribution in [0.1, 0.15) is 37.8 Å². The summed E-state index contributed by atoms with van der Waals surface area (Å²) in [5, 5.41) is 13.8. The van der Waals surface area contributed by atoms with Gasteiger partial charge in [-0.1, -0.05) is 18.9 Å². The molecule has 1 aromatic rings. The number of likely N-dealkylation sites (tertiary alicyclic amines) is 1. The van der Waals surface area contributed by atoms with Crippen LogP contribution in [-0.2, 0) is 6.54 Å². The van der Waals surface area contributed by atoms with E-state index in [0.717, 1.165) is 44.0 Å². The highest BCUT2D eigenvalue weighted by Crippen LogP contribution is 2.39. The number of hydrogen-bond acceptors (Lipinski definition) is 4. The summed E-state index contributed by atoms with van der Waals surface area (Å²) < 4.78 is 0. The number of piperidine rings is 1. The molecule has 2 heterocycles. The smallest absolute Gasteiger partial charge is 0.126 e. The van der Waals surface area contributed by atoms with Gasteiger partial charge in [0.1, 0.15) is 5.82 Å². The largest absolute Gasteiger partial charge is 0.390 e. The summed E-state index contributed by atoms with van der Waals surface area (Å²) in [6.07, 6.45) is 5.56. The molecule has 2 N–H and O–H groups in total. The Bertz CT molecular complexity index is 465. The van der Waals surface area contributed by atoms with Crippen molar-refractivity contribution in [2.45, 2.75) is 44.2 Å². The quantitative estimate of drug-likeness (QED) is 0.888. The second kappa shape index (κ2) is 5.70. The number of hydrogen-bond donors (Lipinski definition) is 2. The van der Waals surface area contributed by atoms with E-state index in [9.17, 15) is 5.11 Å². The van der Waals surface area contributed by atoms with Crippen molar-refractivity contribution < 1.29 is 5.11 Å². The van der Waals surface area contributed by atoms with Crippen molar-refractivity contribution in [2.75, 3.05) is 25.5 Å². The molecule has 1 aliphatic carbocycles. The van der Waals surface area contributed by atoms with Crippen molar-refractivity contribution in [1.29, 1.82) is 0 Å². The van der Waals surface area contributed by atoms with Gasteiger partial charge in [0.15, 0.2) is 0 Å². The molecule has 0 spiro atoms. The Balaban J connectivity index is 1.64. The second-order valence-electron chi connectivity index (χ2n) is 6.30. The van der Waals surface area contributed by atoms with Gasteiger partial charge >= 0.3 is 0 Å². The predicted octanol–water partition coefficient (Wildman–Crippen LogP) is 2.25. The zero-order valence-electron chi connectivity index (χ0n) is 12.3. The van der Waals surface area contributed by atoms with Crippen LogP contribution < -0.4 is 5.32 Å². The molecule has 1 aliphatic heterocycles. The predicted molar refractivity (Wildman–Crippen MR) is 80.6 cm³/mol. The van der Waals surface area contributed by atoms with Gasteiger partial charge in [0.05, 0.1) is 11.3 Å². The lowest BCUT2D eigenvalue weighted by atomic mass is 9.71. The molecule has 110 valence electrons. The van der Waals surface area contributed by atoms with Gasteiger partial charge in [-0.2, -0.15) is 0 Å². The molecule has 1 saturated carbocycles. The number of rotatable bonds is 3. The second-order valence-corrected chi connectivity index (χ2v) is 6.30. The molecule has 0 aromatic carbocycles. The van der Waals surface area contributed by atoms with Crippen LogP contribution in [0.2, 0.25) is 0 Å². The van der Waals surface area contributed by atoms with Crippen molar-refractivity contribution in [3.8, 4) is 0 Å². The monoisotopic (exact) mass is 275 g/mol. The molecular formula is C16H25N3O. The Hall–Kier alpha value is -1.13. The molecule has 2 atom stereocenters. The normalized spacial score (nSPS) is 30.8. The molecule has 1 aromatic heterocycles. The Kier molecular flexibility index (Phi) is 3.94. The lowest BCUT2D eigenvalue weighted by Gasteiger charge is -2.47. The number of aliphatic hydroxyl groups is 1. The third-order valence-corrected chi connectivity index (χ3v) is 4.96. The number of nitrogens with zero attached hydrogens (tertiary/aromatic N) is 2. The van der Waals surface area contributed by atoms with Gasteiger partial charge in [-0.25, -0.2) is 4.98 Å². The molecule has 2 fully saturated rings. The van der Waals surface area contributed by atoms with Gasteiger partial charge in [-0.3, -0.25) is 4.90 Å². The van der Waals surface area contributed by atoms with E-state index in [-0.39, 0.29) is 5.60 Å². The van der Waals surface area contributed by atoms with Gasteiger partial charge in [0.25, 0.3) is 0 Å². The summed E-state index contributed by atoms with van der Waals surface area (Å²) in [4.78, 5) is 7.04. The van der Waals surface area contributed by atoms with Crippen LogP contribution in [0.3, 0.4) is 0 Å². The van der Waals surface area contributed by atoms with Crippen molar-refractivity contribution >= 4 is 5.82 Å². The number of anilines is 1. The molecule has 20 heavy (non-hydrogen) atoms. The van der Waals surface area contributed by atoms with E-state index in [4.69, 9.17) is 0 Å². The van der Waals surface area contributed by atoms with Crippen molar-refractivity contribution in [3.05, 3.63) is 23.9 Å². The minimum Gasteiger partial charge on any atom is -0.390 e. The number of aromatic nitrogens is 1. The van der Waals surface area contributed by atoms with Crippen LogP contribution in [0.5, 0.6) is 0 Å². The summed E-state index contributed by atoms with van der Waals surface area (Å²) in [5.74, 6) is 1.38. The van der Waals surface area contributed by atoms with Crippen molar-refractivity contribution in [2.24, 2.45) is 5.92 Å². The molecular weight excluding hydrogens is 250 g/mol. The fourth-order valence-electron chi connectivity index (χ4n) is 3.72. The summed E-state index contributed by atoms with van der Waals surface area (Å²) in [5.41, 5.74) is 0.729. The van der Waals surface area contributed by atoms with Crippen LogP contribution >= 0.6 is 0 Å². The maximum Gasteiger partial charge on any atom is 0.126 e. The summed E-state index contributed by atoms with van der Waals surface area (Å²) >= 11 is 0. The van der Waals surface area contributed by atoms with Crippen LogP contribution in [-0.4, -0.2) is 40.7 Å². The van der Waals surface area contributed by atoms with E-state index in [1.807, 2.05) is 13.1 Å². The van der Waals surface area contributed by atoms with Crippen LogP contribution in [0.25, 0.3) is 0 Å². The van der Waals surface area contributed by atoms with Crippen molar-refractivity contribution in [1.82, 2.24) is 9.88 Å². The highest BCUT2D eigenvalue weighted by molar-refractivity contribution is 5.34. The third-order valence-electron chi connectivity index (χ3n) is 4.96. The zero-order valence-corrected chi connectivity index (χ0v) is 12.3. The van der Waals surface area contributed by atoms with Crippen LogP contribution in [0.4, 0.5) is 5.82 Å². The molecule has 0 radical (unpaired) electrons. The minimum atomic E-state index is -0.380. The summed E-state index contributed by atoms with van der Waals surface area (Å²) in [6, 6.07) is 6.12. The molecule has 2 unspecified atom stereocenters. The van der Waals surface area contributed by atoms with E-state index in [2.05, 4.69) is 27.3 Å². The van der Waals surface area contributed by atoms with Crippen LogP contribution in [0, 0.1) is 5.92 Å². The van der Waals surface area contributed by atoms with E-state index >= 15 is 0 Å². The van der Waals surface area contributed by atoms with Crippen LogP contribution in [0.15, 0.2) is 18.2 Å². The molecule has 4 heteroatoms. The fraction of sp³-hybridized carbons (Fsp3) is 0.688. The van der Waals surface area contributed by atoms with Gasteiger partial charge in [0.2, 0.25) is 0 Å². The zero-order chi connectivity index (χ0) is 14.0. The lowest BCUT2D eigenvalue weighted by Crippen LogP contribution is -2.53. The first-order valence-corrected chi connectivity index (χ1v) is 7.78. The Morgan fingerprint density at radius 1 is 1.40 bits per heavy atom. The number of pyridine rings is 1. The maximum atomic E-state index is 10.7. The average Bonchev–Trinajstić information content (AvgIpc) is 2.48. The van der Waals surface area contributed by atoms with E-state index in [1.165, 1.54) is 19.3 Å². The van der Waals surface area contributed by atoms with E-state index < -0.39 is 0 Å². The first-order chi connectivity index (χ1) is 9.69. The highest BCUT2D eigenvalue weighted by Gasteiger charge is 2.42. The third kappa shape index (κ3) is 2.81. The molecule has 4 nitrogen and oxygen atoms in total. The van der Waals surface area contributed by atoms with Gasteiger partial charge in [-0.05, 0) is 31.4 Å². The number of nitrogens with one attached hydrogen (secondary N) is 1. The topological polar surface area (TPSA) is 48.4 Å². The van der Waals surface area contributed by atoms with Gasteiger partial charge < -0.3 is 10.4 Å². The van der Waals surface area contributed by atoms with Crippen molar-refractivity contribution in [3.63, 3.8) is 0 Å². The molecule has 3 rings (SSSR count). The van der Waals surface area contributed by atoms with E-state index in [1.54, 1.807) is 0 Å². The van der Waals surface area contributed by atoms with E-state index in [0.29, 0.717) is 5.92 Å². The van der Waals surface area contributed by atoms with Gasteiger partial charge in [0, 0.05) is 32.6 Å². The van der Waals surface area contributed by atoms with Gasteiger partial charge in [-0.15, -0.1) is 0 Å². The Morgan fingerprint density at radius 2 is 2.30 bits per heavy atom. The highest BCUT2D eigenvalue weighted by atomic mass is 16.3. The SMILES string of the molecule is CNc1cccc(CN2CCC3(O)CCCCC3C2)n1. The molecule has 0 amide bonds. The molecule has 2 aliphatic rings. The maximum absolute atomic E-state index is 10.7. The summed E-state index contributed by atoms with van der Waals surface area (Å²) in [7, 11) is 1.90. The first kappa shape index (κ1) is 13.8. The standard InChI is InChI=1S/C16H25N3O/c1-17-15-7-4-6-14(18-15)12-19-10-9-16(20)8-3-2-5-13(16)11-19/h4,6-7,13,20H,2-3,5,8-12H2,1H3,(H,17,18). The average molecular weight is 275 g/mol. The number of fused-ring (bicyclic) bond motifs is 1. The Labute approximate surface area is 121 Å². The lowest BCUT2D eigenvalue weighted by molar-refractivity contribution is -0.0969. The minimum absolute atomic E-state index is 0.380. The molecule has 1 saturated heterocycles. The fourth-order valence-corrected chi connectivity index (χ4v) is 3.72. The Morgan fingerprint density at radius 3 is 3.15 bits per heavy atom. The summed E-state index contributed by atoms with van der Waals surface area (Å²) in [6.45, 7) is 2.89.